The van der Waals surface area contributed by atoms with Crippen molar-refractivity contribution >= 4 is 0 Å². The highest BCUT2D eigenvalue weighted by Gasteiger charge is 2.05. The monoisotopic (exact) mass is 259 g/mol. The molecule has 0 bridgehead atoms. The number of nitrogens with zero attached hydrogens (tertiary/aromatic N) is 1. The molecule has 0 atom stereocenters. The molecular formula is C15H17NO3. The van der Waals surface area contributed by atoms with Crippen molar-refractivity contribution in [3.63, 3.8) is 0 Å². The van der Waals surface area contributed by atoms with E-state index in [0.717, 1.165) is 11.3 Å². The number of pyridine rings is 1. The van der Waals surface area contributed by atoms with Crippen LogP contribution >= 0.6 is 0 Å². The minimum absolute atomic E-state index is 0.106. The molecule has 2 aromatic rings. The van der Waals surface area contributed by atoms with Gasteiger partial charge in [0.25, 0.3) is 0 Å². The van der Waals surface area contributed by atoms with Gasteiger partial charge in [-0.15, -0.1) is 0 Å². The molecule has 0 aliphatic heterocycles. The Labute approximate surface area is 112 Å². The third-order valence-electron chi connectivity index (χ3n) is 2.80. The van der Waals surface area contributed by atoms with E-state index in [1.54, 1.807) is 12.3 Å². The van der Waals surface area contributed by atoms with E-state index in [9.17, 15) is 5.11 Å². The summed E-state index contributed by atoms with van der Waals surface area (Å²) in [5, 5.41) is 18.1. The van der Waals surface area contributed by atoms with Crippen LogP contribution in [-0.2, 0) is 13.0 Å². The average Bonchev–Trinajstić information content (AvgIpc) is 2.42. The molecule has 2 rings (SSSR count). The molecule has 1 heterocycles. The second-order valence-electron chi connectivity index (χ2n) is 4.31. The SMILES string of the molecule is Cc1cc(Oc2ccc(CCO)cc2)c(CO)cn1. The summed E-state index contributed by atoms with van der Waals surface area (Å²) in [7, 11) is 0. The molecule has 1 aromatic carbocycles. The van der Waals surface area contributed by atoms with Gasteiger partial charge in [-0.05, 0) is 31.0 Å². The molecule has 1 aromatic heterocycles. The van der Waals surface area contributed by atoms with E-state index in [2.05, 4.69) is 4.98 Å². The quantitative estimate of drug-likeness (QED) is 0.864. The molecule has 0 radical (unpaired) electrons. The van der Waals surface area contributed by atoms with Crippen molar-refractivity contribution in [2.24, 2.45) is 0 Å². The Kier molecular flexibility index (Phi) is 4.49. The van der Waals surface area contributed by atoms with Crippen molar-refractivity contribution in [3.05, 3.63) is 53.3 Å². The lowest BCUT2D eigenvalue weighted by molar-refractivity contribution is 0.276. The van der Waals surface area contributed by atoms with Crippen molar-refractivity contribution < 1.29 is 14.9 Å². The second-order valence-corrected chi connectivity index (χ2v) is 4.31. The maximum atomic E-state index is 9.25. The number of rotatable bonds is 5. The molecule has 0 aliphatic carbocycles. The fourth-order valence-electron chi connectivity index (χ4n) is 1.76. The summed E-state index contributed by atoms with van der Waals surface area (Å²) in [6.45, 7) is 1.90. The Bertz CT molecular complexity index is 538. The lowest BCUT2D eigenvalue weighted by atomic mass is 10.1. The first-order valence-electron chi connectivity index (χ1n) is 6.17. The Morgan fingerprint density at radius 2 is 1.89 bits per heavy atom. The highest BCUT2D eigenvalue weighted by atomic mass is 16.5. The van der Waals surface area contributed by atoms with Crippen LogP contribution in [0.3, 0.4) is 0 Å². The van der Waals surface area contributed by atoms with Gasteiger partial charge < -0.3 is 14.9 Å². The molecule has 2 N–H and O–H groups in total. The van der Waals surface area contributed by atoms with Gasteiger partial charge in [-0.2, -0.15) is 0 Å². The molecular weight excluding hydrogens is 242 g/mol. The van der Waals surface area contributed by atoms with E-state index in [-0.39, 0.29) is 13.2 Å². The second kappa shape index (κ2) is 6.31. The molecule has 19 heavy (non-hydrogen) atoms. The first kappa shape index (κ1) is 13.5. The third kappa shape index (κ3) is 3.53. The summed E-state index contributed by atoms with van der Waals surface area (Å²) in [6.07, 6.45) is 2.25. The van der Waals surface area contributed by atoms with Gasteiger partial charge in [-0.25, -0.2) is 0 Å². The summed E-state index contributed by atoms with van der Waals surface area (Å²) >= 11 is 0. The Hall–Kier alpha value is -1.91. The van der Waals surface area contributed by atoms with Gasteiger partial charge >= 0.3 is 0 Å². The van der Waals surface area contributed by atoms with Crippen molar-refractivity contribution in [1.29, 1.82) is 0 Å². The lowest BCUT2D eigenvalue weighted by Gasteiger charge is -2.10. The number of aryl methyl sites for hydroxylation is 1. The van der Waals surface area contributed by atoms with Crippen LogP contribution in [0.5, 0.6) is 11.5 Å². The van der Waals surface area contributed by atoms with E-state index in [0.29, 0.717) is 23.5 Å². The smallest absolute Gasteiger partial charge is 0.136 e. The minimum Gasteiger partial charge on any atom is -0.457 e. The standard InChI is InChI=1S/C15H17NO3/c1-11-8-15(13(10-18)9-16-11)19-14-4-2-12(3-5-14)6-7-17/h2-5,8-9,17-18H,6-7,10H2,1H3. The predicted octanol–water partition coefficient (Wildman–Crippen LogP) is 2.21. The Balaban J connectivity index is 2.18. The van der Waals surface area contributed by atoms with Gasteiger partial charge in [0.05, 0.1) is 6.61 Å². The fourth-order valence-corrected chi connectivity index (χ4v) is 1.76. The summed E-state index contributed by atoms with van der Waals surface area (Å²) < 4.78 is 5.75. The van der Waals surface area contributed by atoms with Gasteiger partial charge in [0, 0.05) is 30.1 Å². The van der Waals surface area contributed by atoms with Gasteiger partial charge in [-0.3, -0.25) is 4.98 Å². The number of aliphatic hydroxyl groups excluding tert-OH is 2. The van der Waals surface area contributed by atoms with Crippen LogP contribution in [0.25, 0.3) is 0 Å². The molecule has 0 fully saturated rings. The van der Waals surface area contributed by atoms with Crippen molar-refractivity contribution in [3.8, 4) is 11.5 Å². The normalized spacial score (nSPS) is 10.5. The van der Waals surface area contributed by atoms with E-state index < -0.39 is 0 Å². The van der Waals surface area contributed by atoms with Gasteiger partial charge in [-0.1, -0.05) is 12.1 Å². The predicted molar refractivity (Wildman–Crippen MR) is 72.2 cm³/mol. The van der Waals surface area contributed by atoms with Gasteiger partial charge in [0.15, 0.2) is 0 Å². The first-order valence-corrected chi connectivity index (χ1v) is 6.17. The van der Waals surface area contributed by atoms with E-state index in [1.165, 1.54) is 0 Å². The maximum Gasteiger partial charge on any atom is 0.136 e. The largest absolute Gasteiger partial charge is 0.457 e. The molecule has 0 unspecified atom stereocenters. The van der Waals surface area contributed by atoms with Crippen molar-refractivity contribution in [2.75, 3.05) is 6.61 Å². The Morgan fingerprint density at radius 1 is 1.16 bits per heavy atom. The summed E-state index contributed by atoms with van der Waals surface area (Å²) in [5.41, 5.74) is 2.55. The van der Waals surface area contributed by atoms with Crippen LogP contribution in [-0.4, -0.2) is 21.8 Å². The van der Waals surface area contributed by atoms with E-state index >= 15 is 0 Å². The lowest BCUT2D eigenvalue weighted by Crippen LogP contribution is -1.95. The van der Waals surface area contributed by atoms with E-state index in [1.807, 2.05) is 31.2 Å². The zero-order valence-electron chi connectivity index (χ0n) is 10.8. The molecule has 4 nitrogen and oxygen atoms in total. The van der Waals surface area contributed by atoms with Crippen LogP contribution in [0, 0.1) is 6.92 Å². The van der Waals surface area contributed by atoms with Gasteiger partial charge in [0.1, 0.15) is 11.5 Å². The maximum absolute atomic E-state index is 9.25. The summed E-state index contributed by atoms with van der Waals surface area (Å²) in [6, 6.07) is 9.33. The highest BCUT2D eigenvalue weighted by Crippen LogP contribution is 2.26. The molecule has 100 valence electrons. The summed E-state index contributed by atoms with van der Waals surface area (Å²) in [5.74, 6) is 1.31. The number of aromatic nitrogens is 1. The fraction of sp³-hybridized carbons (Fsp3) is 0.267. The molecule has 0 aliphatic rings. The molecule has 4 heteroatoms. The molecule has 0 spiro atoms. The van der Waals surface area contributed by atoms with Crippen LogP contribution in [0.4, 0.5) is 0 Å². The van der Waals surface area contributed by atoms with Crippen LogP contribution in [0.2, 0.25) is 0 Å². The first-order chi connectivity index (χ1) is 9.22. The van der Waals surface area contributed by atoms with Crippen molar-refractivity contribution in [2.45, 2.75) is 20.0 Å². The van der Waals surface area contributed by atoms with Gasteiger partial charge in [0.2, 0.25) is 0 Å². The zero-order valence-corrected chi connectivity index (χ0v) is 10.8. The van der Waals surface area contributed by atoms with E-state index in [4.69, 9.17) is 9.84 Å². The Morgan fingerprint density at radius 3 is 2.53 bits per heavy atom. The number of hydrogen-bond donors (Lipinski definition) is 2. The molecule has 0 saturated carbocycles. The molecule has 0 saturated heterocycles. The third-order valence-corrected chi connectivity index (χ3v) is 2.80. The highest BCUT2D eigenvalue weighted by molar-refractivity contribution is 5.38. The zero-order chi connectivity index (χ0) is 13.7. The minimum atomic E-state index is -0.106. The summed E-state index contributed by atoms with van der Waals surface area (Å²) in [4.78, 5) is 4.12. The molecule has 0 amide bonds. The average molecular weight is 259 g/mol. The number of hydrogen-bond acceptors (Lipinski definition) is 4. The number of aliphatic hydroxyl groups is 2. The van der Waals surface area contributed by atoms with Crippen LogP contribution in [0.15, 0.2) is 36.5 Å². The number of ether oxygens (including phenoxy) is 1. The van der Waals surface area contributed by atoms with Crippen LogP contribution < -0.4 is 4.74 Å². The number of benzene rings is 1. The topological polar surface area (TPSA) is 62.6 Å². The van der Waals surface area contributed by atoms with Crippen molar-refractivity contribution in [1.82, 2.24) is 4.98 Å². The van der Waals surface area contributed by atoms with Crippen LogP contribution in [0.1, 0.15) is 16.8 Å².